The summed E-state index contributed by atoms with van der Waals surface area (Å²) in [6, 6.07) is 16.7. The largest absolute Gasteiger partial charge is 0.345 e. The zero-order valence-electron chi connectivity index (χ0n) is 13.1. The van der Waals surface area contributed by atoms with Gasteiger partial charge in [0, 0.05) is 7.05 Å². The van der Waals surface area contributed by atoms with Crippen LogP contribution in [0.3, 0.4) is 0 Å². The molecular weight excluding hydrogens is 274 g/mol. The van der Waals surface area contributed by atoms with Gasteiger partial charge in [0.2, 0.25) is 0 Å². The van der Waals surface area contributed by atoms with Crippen LogP contribution in [0, 0.1) is 13.8 Å². The fourth-order valence-corrected chi connectivity index (χ4v) is 2.68. The van der Waals surface area contributed by atoms with Gasteiger partial charge in [-0.1, -0.05) is 48.5 Å². The van der Waals surface area contributed by atoms with Gasteiger partial charge in [-0.05, 0) is 36.1 Å². The van der Waals surface area contributed by atoms with Crippen molar-refractivity contribution in [1.82, 2.24) is 14.3 Å². The van der Waals surface area contributed by atoms with E-state index in [1.165, 1.54) is 21.4 Å². The van der Waals surface area contributed by atoms with Crippen molar-refractivity contribution >= 4 is 0 Å². The zero-order valence-corrected chi connectivity index (χ0v) is 13.1. The van der Waals surface area contributed by atoms with Crippen molar-refractivity contribution in [2.45, 2.75) is 20.4 Å². The molecule has 0 aliphatic heterocycles. The summed E-state index contributed by atoms with van der Waals surface area (Å²) in [5.74, 6) is 0.732. The molecule has 0 unspecified atom stereocenters. The molecule has 0 N–H and O–H groups in total. The number of aryl methyl sites for hydroxylation is 3. The first-order valence-corrected chi connectivity index (χ1v) is 7.31. The molecule has 0 spiro atoms. The standard InChI is InChI=1S/C18H19N3O/c1-13-6-4-5-7-17(13)16-10-8-15(9-11-16)12-21-14(2)19-20(3)18(21)22/h4-11H,12H2,1-3H3. The number of aromatic nitrogens is 3. The van der Waals surface area contributed by atoms with Gasteiger partial charge in [-0.3, -0.25) is 4.57 Å². The summed E-state index contributed by atoms with van der Waals surface area (Å²) in [6.45, 7) is 4.51. The van der Waals surface area contributed by atoms with Crippen molar-refractivity contribution in [3.63, 3.8) is 0 Å². The Labute approximate surface area is 129 Å². The van der Waals surface area contributed by atoms with E-state index in [0.29, 0.717) is 6.54 Å². The molecule has 4 heteroatoms. The second-order valence-corrected chi connectivity index (χ2v) is 5.55. The van der Waals surface area contributed by atoms with E-state index in [1.54, 1.807) is 11.6 Å². The fraction of sp³-hybridized carbons (Fsp3) is 0.222. The topological polar surface area (TPSA) is 39.8 Å². The molecule has 0 radical (unpaired) electrons. The van der Waals surface area contributed by atoms with E-state index in [2.05, 4.69) is 54.5 Å². The molecule has 0 fully saturated rings. The molecule has 1 aromatic heterocycles. The minimum atomic E-state index is -0.0829. The highest BCUT2D eigenvalue weighted by Crippen LogP contribution is 2.23. The molecule has 0 aliphatic rings. The second-order valence-electron chi connectivity index (χ2n) is 5.55. The van der Waals surface area contributed by atoms with Crippen LogP contribution in [0.2, 0.25) is 0 Å². The van der Waals surface area contributed by atoms with Crippen LogP contribution >= 0.6 is 0 Å². The van der Waals surface area contributed by atoms with Gasteiger partial charge < -0.3 is 0 Å². The van der Waals surface area contributed by atoms with Crippen LogP contribution < -0.4 is 5.69 Å². The minimum absolute atomic E-state index is 0.0829. The predicted octanol–water partition coefficient (Wildman–Crippen LogP) is 2.91. The Morgan fingerprint density at radius 2 is 1.68 bits per heavy atom. The van der Waals surface area contributed by atoms with Gasteiger partial charge in [0.05, 0.1) is 6.54 Å². The number of hydrogen-bond acceptors (Lipinski definition) is 2. The predicted molar refractivity (Wildman–Crippen MR) is 87.9 cm³/mol. The summed E-state index contributed by atoms with van der Waals surface area (Å²) in [5.41, 5.74) is 4.70. The monoisotopic (exact) mass is 293 g/mol. The van der Waals surface area contributed by atoms with Gasteiger partial charge >= 0.3 is 5.69 Å². The quantitative estimate of drug-likeness (QED) is 0.745. The average Bonchev–Trinajstić information content (AvgIpc) is 2.75. The maximum Gasteiger partial charge on any atom is 0.345 e. The van der Waals surface area contributed by atoms with Gasteiger partial charge in [-0.15, -0.1) is 0 Å². The van der Waals surface area contributed by atoms with Crippen LogP contribution in [0.25, 0.3) is 11.1 Å². The van der Waals surface area contributed by atoms with Crippen molar-refractivity contribution in [3.8, 4) is 11.1 Å². The van der Waals surface area contributed by atoms with Gasteiger partial charge in [0.25, 0.3) is 0 Å². The van der Waals surface area contributed by atoms with Crippen molar-refractivity contribution in [1.29, 1.82) is 0 Å². The highest BCUT2D eigenvalue weighted by Gasteiger charge is 2.08. The van der Waals surface area contributed by atoms with Crippen LogP contribution in [-0.2, 0) is 13.6 Å². The number of hydrogen-bond donors (Lipinski definition) is 0. The van der Waals surface area contributed by atoms with E-state index in [9.17, 15) is 4.79 Å². The molecule has 22 heavy (non-hydrogen) atoms. The maximum absolute atomic E-state index is 12.0. The third-order valence-electron chi connectivity index (χ3n) is 3.94. The van der Waals surface area contributed by atoms with Crippen molar-refractivity contribution in [3.05, 3.63) is 76.0 Å². The summed E-state index contributed by atoms with van der Waals surface area (Å²) >= 11 is 0. The Morgan fingerprint density at radius 1 is 1.00 bits per heavy atom. The summed E-state index contributed by atoms with van der Waals surface area (Å²) in [6.07, 6.45) is 0. The highest BCUT2D eigenvalue weighted by atomic mass is 16.2. The molecular formula is C18H19N3O. The first kappa shape index (κ1) is 14.3. The molecule has 1 heterocycles. The molecule has 0 amide bonds. The summed E-state index contributed by atoms with van der Waals surface area (Å²) < 4.78 is 3.06. The Hall–Kier alpha value is -2.62. The molecule has 2 aromatic carbocycles. The third-order valence-corrected chi connectivity index (χ3v) is 3.94. The van der Waals surface area contributed by atoms with Crippen LogP contribution in [0.15, 0.2) is 53.3 Å². The van der Waals surface area contributed by atoms with Crippen LogP contribution in [0.4, 0.5) is 0 Å². The van der Waals surface area contributed by atoms with Crippen LogP contribution in [-0.4, -0.2) is 14.3 Å². The van der Waals surface area contributed by atoms with Gasteiger partial charge in [0.1, 0.15) is 5.82 Å². The maximum atomic E-state index is 12.0. The first-order chi connectivity index (χ1) is 10.6. The third kappa shape index (κ3) is 2.60. The minimum Gasteiger partial charge on any atom is -0.275 e. The number of benzene rings is 2. The Bertz CT molecular complexity index is 857. The first-order valence-electron chi connectivity index (χ1n) is 7.31. The van der Waals surface area contributed by atoms with Gasteiger partial charge in [0.15, 0.2) is 0 Å². The van der Waals surface area contributed by atoms with E-state index >= 15 is 0 Å². The Balaban J connectivity index is 1.89. The van der Waals surface area contributed by atoms with E-state index in [-0.39, 0.29) is 5.69 Å². The average molecular weight is 293 g/mol. The Morgan fingerprint density at radius 3 is 2.27 bits per heavy atom. The zero-order chi connectivity index (χ0) is 15.7. The van der Waals surface area contributed by atoms with E-state index in [1.807, 2.05) is 13.0 Å². The van der Waals surface area contributed by atoms with Gasteiger partial charge in [-0.2, -0.15) is 5.10 Å². The lowest BCUT2D eigenvalue weighted by molar-refractivity contribution is 0.690. The lowest BCUT2D eigenvalue weighted by atomic mass is 10.00. The molecule has 0 atom stereocenters. The molecule has 0 aliphatic carbocycles. The molecule has 3 aromatic rings. The van der Waals surface area contributed by atoms with E-state index < -0.39 is 0 Å². The van der Waals surface area contributed by atoms with Crippen molar-refractivity contribution < 1.29 is 0 Å². The van der Waals surface area contributed by atoms with Crippen molar-refractivity contribution in [2.24, 2.45) is 7.05 Å². The lowest BCUT2D eigenvalue weighted by Crippen LogP contribution is -2.23. The summed E-state index contributed by atoms with van der Waals surface area (Å²) in [7, 11) is 1.67. The normalized spacial score (nSPS) is 10.9. The van der Waals surface area contributed by atoms with Crippen molar-refractivity contribution in [2.75, 3.05) is 0 Å². The second kappa shape index (κ2) is 5.64. The van der Waals surface area contributed by atoms with Crippen LogP contribution in [0.5, 0.6) is 0 Å². The highest BCUT2D eigenvalue weighted by molar-refractivity contribution is 5.67. The molecule has 0 saturated carbocycles. The molecule has 0 bridgehead atoms. The number of nitrogens with zero attached hydrogens (tertiary/aromatic N) is 3. The van der Waals surface area contributed by atoms with E-state index in [4.69, 9.17) is 0 Å². The summed E-state index contributed by atoms with van der Waals surface area (Å²) in [5, 5.41) is 4.15. The Kier molecular flexibility index (Phi) is 3.67. The van der Waals surface area contributed by atoms with E-state index in [0.717, 1.165) is 11.4 Å². The molecule has 4 nitrogen and oxygen atoms in total. The molecule has 0 saturated heterocycles. The molecule has 112 valence electrons. The van der Waals surface area contributed by atoms with Crippen LogP contribution in [0.1, 0.15) is 17.0 Å². The number of rotatable bonds is 3. The smallest absolute Gasteiger partial charge is 0.275 e. The SMILES string of the molecule is Cc1ccccc1-c1ccc(Cn2c(C)nn(C)c2=O)cc1. The van der Waals surface area contributed by atoms with Gasteiger partial charge in [-0.25, -0.2) is 9.48 Å². The lowest BCUT2D eigenvalue weighted by Gasteiger charge is -2.08. The summed E-state index contributed by atoms with van der Waals surface area (Å²) in [4.78, 5) is 12.0. The fourth-order valence-electron chi connectivity index (χ4n) is 2.68. The molecule has 3 rings (SSSR count).